The fourth-order valence-corrected chi connectivity index (χ4v) is 3.82. The molecule has 0 fully saturated rings. The molecule has 3 aromatic rings. The standard InChI is InChI=1S/C21H19ClN2O5S/c1-29-20-12-14(2-11-19(20)25)13-23-21(26)15-3-9-18(10-4-15)30(27,28)24-17-7-5-16(22)6-8-17/h2-12,24-25H,13H2,1H3,(H,23,26). The minimum absolute atomic E-state index is 0.0107. The molecular weight excluding hydrogens is 428 g/mol. The van der Waals surface area contributed by atoms with E-state index in [1.54, 1.807) is 36.4 Å². The third kappa shape index (κ3) is 5.22. The lowest BCUT2D eigenvalue weighted by molar-refractivity contribution is 0.0950. The van der Waals surface area contributed by atoms with E-state index in [4.69, 9.17) is 16.3 Å². The van der Waals surface area contributed by atoms with E-state index in [9.17, 15) is 18.3 Å². The zero-order chi connectivity index (χ0) is 21.7. The Hall–Kier alpha value is -3.23. The van der Waals surface area contributed by atoms with Gasteiger partial charge < -0.3 is 15.2 Å². The van der Waals surface area contributed by atoms with Crippen LogP contribution in [0.1, 0.15) is 15.9 Å². The molecule has 1 amide bonds. The minimum Gasteiger partial charge on any atom is -0.504 e. The Morgan fingerprint density at radius 2 is 1.70 bits per heavy atom. The van der Waals surface area contributed by atoms with E-state index in [1.165, 1.54) is 37.4 Å². The second-order valence-corrected chi connectivity index (χ2v) is 8.44. The van der Waals surface area contributed by atoms with Crippen molar-refractivity contribution >= 4 is 33.2 Å². The van der Waals surface area contributed by atoms with E-state index < -0.39 is 10.0 Å². The Labute approximate surface area is 179 Å². The number of carbonyl (C=O) groups is 1. The van der Waals surface area contributed by atoms with Crippen molar-refractivity contribution in [2.24, 2.45) is 0 Å². The number of anilines is 1. The Balaban J connectivity index is 1.65. The van der Waals surface area contributed by atoms with E-state index in [-0.39, 0.29) is 23.1 Å². The molecule has 0 bridgehead atoms. The van der Waals surface area contributed by atoms with Crippen molar-refractivity contribution in [3.8, 4) is 11.5 Å². The van der Waals surface area contributed by atoms with Gasteiger partial charge in [0.1, 0.15) is 0 Å². The van der Waals surface area contributed by atoms with Crippen LogP contribution >= 0.6 is 11.6 Å². The molecule has 3 N–H and O–H groups in total. The maximum atomic E-state index is 12.5. The Bertz CT molecular complexity index is 1150. The number of aromatic hydroxyl groups is 1. The van der Waals surface area contributed by atoms with Crippen molar-refractivity contribution in [3.05, 3.63) is 82.9 Å². The first kappa shape index (κ1) is 21.5. The molecular formula is C21H19ClN2O5S. The lowest BCUT2D eigenvalue weighted by Crippen LogP contribution is -2.23. The summed E-state index contributed by atoms with van der Waals surface area (Å²) in [7, 11) is -2.36. The Morgan fingerprint density at radius 3 is 2.33 bits per heavy atom. The molecule has 0 atom stereocenters. The van der Waals surface area contributed by atoms with Crippen LogP contribution in [0.15, 0.2) is 71.6 Å². The fourth-order valence-electron chi connectivity index (χ4n) is 2.63. The second-order valence-electron chi connectivity index (χ2n) is 6.33. The molecule has 3 aromatic carbocycles. The SMILES string of the molecule is COc1cc(CNC(=O)c2ccc(S(=O)(=O)Nc3ccc(Cl)cc3)cc2)ccc1O. The molecule has 3 rings (SSSR count). The molecule has 0 aliphatic heterocycles. The number of carbonyl (C=O) groups excluding carboxylic acids is 1. The molecule has 7 nitrogen and oxygen atoms in total. The fraction of sp³-hybridized carbons (Fsp3) is 0.0952. The number of nitrogens with one attached hydrogen (secondary N) is 2. The predicted molar refractivity (Wildman–Crippen MR) is 115 cm³/mol. The number of rotatable bonds is 7. The van der Waals surface area contributed by atoms with Crippen LogP contribution in [0.4, 0.5) is 5.69 Å². The zero-order valence-corrected chi connectivity index (χ0v) is 17.5. The van der Waals surface area contributed by atoms with Gasteiger partial charge in [0, 0.05) is 22.8 Å². The van der Waals surface area contributed by atoms with Gasteiger partial charge in [-0.2, -0.15) is 0 Å². The summed E-state index contributed by atoms with van der Waals surface area (Å²) < 4.78 is 32.5. The van der Waals surface area contributed by atoms with Crippen LogP contribution in [0.25, 0.3) is 0 Å². The van der Waals surface area contributed by atoms with Crippen molar-refractivity contribution in [1.29, 1.82) is 0 Å². The van der Waals surface area contributed by atoms with Gasteiger partial charge in [0.25, 0.3) is 15.9 Å². The van der Waals surface area contributed by atoms with E-state index in [0.29, 0.717) is 22.0 Å². The summed E-state index contributed by atoms with van der Waals surface area (Å²) in [5, 5.41) is 12.8. The lowest BCUT2D eigenvalue weighted by Gasteiger charge is -2.10. The highest BCUT2D eigenvalue weighted by Crippen LogP contribution is 2.26. The van der Waals surface area contributed by atoms with Crippen LogP contribution in [-0.4, -0.2) is 26.5 Å². The van der Waals surface area contributed by atoms with E-state index in [0.717, 1.165) is 5.56 Å². The number of phenols is 1. The maximum Gasteiger partial charge on any atom is 0.261 e. The molecule has 0 spiro atoms. The number of hydrogen-bond donors (Lipinski definition) is 3. The summed E-state index contributed by atoms with van der Waals surface area (Å²) in [5.41, 5.74) is 1.43. The normalized spacial score (nSPS) is 11.0. The van der Waals surface area contributed by atoms with Gasteiger partial charge in [0.05, 0.1) is 12.0 Å². The first-order chi connectivity index (χ1) is 14.3. The predicted octanol–water partition coefficient (Wildman–Crippen LogP) is 3.79. The van der Waals surface area contributed by atoms with E-state index in [2.05, 4.69) is 10.0 Å². The van der Waals surface area contributed by atoms with Gasteiger partial charge in [-0.1, -0.05) is 17.7 Å². The highest BCUT2D eigenvalue weighted by Gasteiger charge is 2.15. The average molecular weight is 447 g/mol. The third-order valence-electron chi connectivity index (χ3n) is 4.22. The monoisotopic (exact) mass is 446 g/mol. The van der Waals surface area contributed by atoms with Crippen LogP contribution < -0.4 is 14.8 Å². The van der Waals surface area contributed by atoms with Crippen molar-refractivity contribution < 1.29 is 23.1 Å². The molecule has 156 valence electrons. The Morgan fingerprint density at radius 1 is 1.03 bits per heavy atom. The van der Waals surface area contributed by atoms with E-state index >= 15 is 0 Å². The number of hydrogen-bond acceptors (Lipinski definition) is 5. The molecule has 30 heavy (non-hydrogen) atoms. The molecule has 0 radical (unpaired) electrons. The maximum absolute atomic E-state index is 12.5. The average Bonchev–Trinajstić information content (AvgIpc) is 2.74. The number of phenolic OH excluding ortho intramolecular Hbond substituents is 1. The lowest BCUT2D eigenvalue weighted by atomic mass is 10.1. The number of methoxy groups -OCH3 is 1. The van der Waals surface area contributed by atoms with Gasteiger partial charge in [-0.15, -0.1) is 0 Å². The highest BCUT2D eigenvalue weighted by atomic mass is 35.5. The molecule has 0 aromatic heterocycles. The van der Waals surface area contributed by atoms with Gasteiger partial charge in [0.2, 0.25) is 0 Å². The van der Waals surface area contributed by atoms with Crippen molar-refractivity contribution in [3.63, 3.8) is 0 Å². The number of sulfonamides is 1. The second kappa shape index (κ2) is 9.06. The molecule has 0 aliphatic carbocycles. The largest absolute Gasteiger partial charge is 0.504 e. The summed E-state index contributed by atoms with van der Waals surface area (Å²) in [5.74, 6) is -0.0438. The first-order valence-corrected chi connectivity index (χ1v) is 10.7. The quantitative estimate of drug-likeness (QED) is 0.512. The Kier molecular flexibility index (Phi) is 6.49. The number of amides is 1. The molecule has 0 aliphatic rings. The van der Waals surface area contributed by atoms with Crippen molar-refractivity contribution in [2.75, 3.05) is 11.8 Å². The van der Waals surface area contributed by atoms with Crippen LogP contribution in [0.3, 0.4) is 0 Å². The van der Waals surface area contributed by atoms with E-state index in [1.807, 2.05) is 0 Å². The number of benzene rings is 3. The van der Waals surface area contributed by atoms with Gasteiger partial charge in [-0.25, -0.2) is 8.42 Å². The zero-order valence-electron chi connectivity index (χ0n) is 15.9. The van der Waals surface area contributed by atoms with Crippen molar-refractivity contribution in [2.45, 2.75) is 11.4 Å². The van der Waals surface area contributed by atoms with Crippen LogP contribution in [0, 0.1) is 0 Å². The first-order valence-electron chi connectivity index (χ1n) is 8.81. The number of halogens is 1. The number of ether oxygens (including phenoxy) is 1. The van der Waals surface area contributed by atoms with Gasteiger partial charge in [0.15, 0.2) is 11.5 Å². The molecule has 0 unspecified atom stereocenters. The summed E-state index contributed by atoms with van der Waals surface area (Å²) >= 11 is 5.80. The smallest absolute Gasteiger partial charge is 0.261 e. The summed E-state index contributed by atoms with van der Waals surface area (Å²) in [6, 6.07) is 16.6. The summed E-state index contributed by atoms with van der Waals surface area (Å²) in [4.78, 5) is 12.4. The summed E-state index contributed by atoms with van der Waals surface area (Å²) in [6.45, 7) is 0.216. The minimum atomic E-state index is -3.80. The third-order valence-corrected chi connectivity index (χ3v) is 5.87. The van der Waals surface area contributed by atoms with Crippen LogP contribution in [0.5, 0.6) is 11.5 Å². The van der Waals surface area contributed by atoms with Crippen LogP contribution in [-0.2, 0) is 16.6 Å². The van der Waals surface area contributed by atoms with Crippen LogP contribution in [0.2, 0.25) is 5.02 Å². The highest BCUT2D eigenvalue weighted by molar-refractivity contribution is 7.92. The summed E-state index contributed by atoms with van der Waals surface area (Å²) in [6.07, 6.45) is 0. The van der Waals surface area contributed by atoms with Crippen molar-refractivity contribution in [1.82, 2.24) is 5.32 Å². The topological polar surface area (TPSA) is 105 Å². The van der Waals surface area contributed by atoms with Gasteiger partial charge >= 0.3 is 0 Å². The van der Waals surface area contributed by atoms with Gasteiger partial charge in [-0.3, -0.25) is 9.52 Å². The van der Waals surface area contributed by atoms with Gasteiger partial charge in [-0.05, 0) is 66.2 Å². The molecule has 9 heteroatoms. The molecule has 0 heterocycles. The molecule has 0 saturated heterocycles. The molecule has 0 saturated carbocycles.